The molecule has 1 rings (SSSR count). The van der Waals surface area contributed by atoms with Crippen molar-refractivity contribution < 1.29 is 18.0 Å². The van der Waals surface area contributed by atoms with Gasteiger partial charge in [0, 0.05) is 7.05 Å². The Bertz CT molecular complexity index is 393. The highest BCUT2D eigenvalue weighted by Crippen LogP contribution is 2.19. The van der Waals surface area contributed by atoms with E-state index in [0.717, 1.165) is 11.8 Å². The summed E-state index contributed by atoms with van der Waals surface area (Å²) in [4.78, 5) is 11.3. The van der Waals surface area contributed by atoms with Crippen LogP contribution >= 0.6 is 11.8 Å². The minimum absolute atomic E-state index is 0.361. The first-order valence-electron chi connectivity index (χ1n) is 4.53. The van der Waals surface area contributed by atoms with Gasteiger partial charge >= 0.3 is 6.18 Å². The molecule has 0 saturated carbocycles. The normalized spacial score (nSPS) is 13.5. The Hall–Kier alpha value is -1.32. The van der Waals surface area contributed by atoms with Crippen LogP contribution in [0.15, 0.2) is 5.16 Å². The van der Waals surface area contributed by atoms with Crippen LogP contribution in [0.5, 0.6) is 0 Å². The van der Waals surface area contributed by atoms with Gasteiger partial charge < -0.3 is 5.32 Å². The minimum atomic E-state index is -4.41. The molecule has 0 radical (unpaired) electrons. The van der Waals surface area contributed by atoms with Crippen LogP contribution < -0.4 is 5.32 Å². The van der Waals surface area contributed by atoms with Crippen LogP contribution in [0, 0.1) is 0 Å². The second-order valence-electron chi connectivity index (χ2n) is 3.18. The van der Waals surface area contributed by atoms with Crippen LogP contribution in [-0.4, -0.2) is 44.1 Å². The maximum atomic E-state index is 11.9. The molecule has 0 aliphatic rings. The maximum Gasteiger partial charge on any atom is 0.405 e. The molecule has 1 N–H and O–H groups in total. The van der Waals surface area contributed by atoms with E-state index < -0.39 is 23.9 Å². The molecule has 0 bridgehead atoms. The molecule has 96 valence electrons. The summed E-state index contributed by atoms with van der Waals surface area (Å²) in [5, 5.41) is 11.9. The lowest BCUT2D eigenvalue weighted by Gasteiger charge is -2.12. The van der Waals surface area contributed by atoms with Gasteiger partial charge in [-0.15, -0.1) is 5.10 Å². The molecule has 0 aliphatic carbocycles. The lowest BCUT2D eigenvalue weighted by Crippen LogP contribution is -2.38. The summed E-state index contributed by atoms with van der Waals surface area (Å²) in [6.07, 6.45) is -4.41. The van der Waals surface area contributed by atoms with Gasteiger partial charge in [0.1, 0.15) is 6.54 Å². The second kappa shape index (κ2) is 5.34. The number of nitrogens with one attached hydrogen (secondary N) is 1. The van der Waals surface area contributed by atoms with Crippen LogP contribution in [0.25, 0.3) is 0 Å². The third-order valence-corrected chi connectivity index (χ3v) is 2.82. The van der Waals surface area contributed by atoms with Gasteiger partial charge in [0.15, 0.2) is 0 Å². The Balaban J connectivity index is 2.45. The van der Waals surface area contributed by atoms with Gasteiger partial charge in [0.25, 0.3) is 0 Å². The number of tetrazole rings is 1. The Labute approximate surface area is 98.9 Å². The molecule has 0 spiro atoms. The zero-order valence-corrected chi connectivity index (χ0v) is 9.84. The molecule has 0 saturated heterocycles. The monoisotopic (exact) mass is 269 g/mol. The van der Waals surface area contributed by atoms with Gasteiger partial charge in [-0.05, 0) is 17.4 Å². The average Bonchev–Trinajstić information content (AvgIpc) is 2.59. The first-order valence-corrected chi connectivity index (χ1v) is 5.41. The molecular formula is C7H10F3N5OS. The van der Waals surface area contributed by atoms with Crippen LogP contribution in [0.3, 0.4) is 0 Å². The van der Waals surface area contributed by atoms with E-state index in [9.17, 15) is 18.0 Å². The van der Waals surface area contributed by atoms with Crippen molar-refractivity contribution >= 4 is 17.7 Å². The predicted molar refractivity (Wildman–Crippen MR) is 53.2 cm³/mol. The molecule has 1 heterocycles. The first kappa shape index (κ1) is 13.7. The summed E-state index contributed by atoms with van der Waals surface area (Å²) in [5.74, 6) is -0.713. The van der Waals surface area contributed by atoms with Crippen molar-refractivity contribution in [2.24, 2.45) is 7.05 Å². The fraction of sp³-hybridized carbons (Fsp3) is 0.714. The standard InChI is InChI=1S/C7H10F3N5OS/c1-4(5(16)11-3-7(8,9)10)17-6-12-13-14-15(6)2/h4H,3H2,1-2H3,(H,11,16)/t4-/m0/s1. The Morgan fingerprint density at radius 1 is 1.59 bits per heavy atom. The van der Waals surface area contributed by atoms with Gasteiger partial charge in [-0.25, -0.2) is 4.68 Å². The summed E-state index contributed by atoms with van der Waals surface area (Å²) >= 11 is 0.983. The largest absolute Gasteiger partial charge is 0.405 e. The summed E-state index contributed by atoms with van der Waals surface area (Å²) in [6, 6.07) is 0. The fourth-order valence-corrected chi connectivity index (χ4v) is 1.64. The highest BCUT2D eigenvalue weighted by atomic mass is 32.2. The van der Waals surface area contributed by atoms with E-state index in [1.807, 2.05) is 0 Å². The fourth-order valence-electron chi connectivity index (χ4n) is 0.864. The van der Waals surface area contributed by atoms with E-state index >= 15 is 0 Å². The van der Waals surface area contributed by atoms with Crippen LogP contribution in [0.4, 0.5) is 13.2 Å². The molecule has 0 aromatic carbocycles. The summed E-state index contributed by atoms with van der Waals surface area (Å²) in [6.45, 7) is 0.138. The molecule has 17 heavy (non-hydrogen) atoms. The average molecular weight is 269 g/mol. The van der Waals surface area contributed by atoms with E-state index in [1.165, 1.54) is 11.6 Å². The zero-order chi connectivity index (χ0) is 13.1. The van der Waals surface area contributed by atoms with Crippen molar-refractivity contribution in [3.63, 3.8) is 0 Å². The Morgan fingerprint density at radius 3 is 2.71 bits per heavy atom. The van der Waals surface area contributed by atoms with Gasteiger partial charge in [-0.3, -0.25) is 4.79 Å². The highest BCUT2D eigenvalue weighted by molar-refractivity contribution is 8.00. The number of nitrogens with zero attached hydrogens (tertiary/aromatic N) is 4. The number of amides is 1. The van der Waals surface area contributed by atoms with E-state index in [2.05, 4.69) is 15.5 Å². The van der Waals surface area contributed by atoms with Crippen LogP contribution in [-0.2, 0) is 11.8 Å². The number of thioether (sulfide) groups is 1. The number of alkyl halides is 3. The molecule has 0 aliphatic heterocycles. The molecule has 1 atom stereocenters. The summed E-state index contributed by atoms with van der Waals surface area (Å²) in [7, 11) is 1.57. The van der Waals surface area contributed by atoms with E-state index in [1.54, 1.807) is 12.4 Å². The van der Waals surface area contributed by atoms with Gasteiger partial charge in [-0.1, -0.05) is 11.8 Å². The minimum Gasteiger partial charge on any atom is -0.346 e. The van der Waals surface area contributed by atoms with E-state index in [4.69, 9.17) is 0 Å². The van der Waals surface area contributed by atoms with Crippen molar-refractivity contribution in [2.75, 3.05) is 6.54 Å². The molecular weight excluding hydrogens is 259 g/mol. The number of halogens is 3. The Kier molecular flexibility index (Phi) is 4.32. The summed E-state index contributed by atoms with van der Waals surface area (Å²) in [5.41, 5.74) is 0. The molecule has 0 fully saturated rings. The second-order valence-corrected chi connectivity index (χ2v) is 4.49. The van der Waals surface area contributed by atoms with Gasteiger partial charge in [0.2, 0.25) is 11.1 Å². The molecule has 10 heteroatoms. The molecule has 6 nitrogen and oxygen atoms in total. The van der Waals surface area contributed by atoms with Crippen molar-refractivity contribution in [1.29, 1.82) is 0 Å². The topological polar surface area (TPSA) is 72.7 Å². The Morgan fingerprint density at radius 2 is 2.24 bits per heavy atom. The number of hydrogen-bond donors (Lipinski definition) is 1. The number of aromatic nitrogens is 4. The zero-order valence-electron chi connectivity index (χ0n) is 9.02. The van der Waals surface area contributed by atoms with Gasteiger partial charge in [0.05, 0.1) is 5.25 Å². The van der Waals surface area contributed by atoms with Crippen molar-refractivity contribution in [3.8, 4) is 0 Å². The molecule has 1 aromatic rings. The highest BCUT2D eigenvalue weighted by Gasteiger charge is 2.29. The maximum absolute atomic E-state index is 11.9. The number of carbonyl (C=O) groups is 1. The predicted octanol–water partition coefficient (Wildman–Crippen LogP) is 0.369. The lowest BCUT2D eigenvalue weighted by atomic mass is 10.4. The smallest absolute Gasteiger partial charge is 0.346 e. The molecule has 0 unspecified atom stereocenters. The van der Waals surface area contributed by atoms with Crippen molar-refractivity contribution in [3.05, 3.63) is 0 Å². The van der Waals surface area contributed by atoms with Gasteiger partial charge in [-0.2, -0.15) is 13.2 Å². The number of carbonyl (C=O) groups excluding carboxylic acids is 1. The third-order valence-electron chi connectivity index (χ3n) is 1.70. The number of hydrogen-bond acceptors (Lipinski definition) is 5. The van der Waals surface area contributed by atoms with Crippen LogP contribution in [0.2, 0.25) is 0 Å². The lowest BCUT2D eigenvalue weighted by molar-refractivity contribution is -0.137. The van der Waals surface area contributed by atoms with E-state index in [0.29, 0.717) is 5.16 Å². The first-order chi connectivity index (χ1) is 7.79. The van der Waals surface area contributed by atoms with Crippen molar-refractivity contribution in [2.45, 2.75) is 23.5 Å². The molecule has 1 aromatic heterocycles. The number of aryl methyl sites for hydroxylation is 1. The third kappa shape index (κ3) is 4.59. The SMILES string of the molecule is C[C@H](Sc1nnnn1C)C(=O)NCC(F)(F)F. The van der Waals surface area contributed by atoms with Crippen molar-refractivity contribution in [1.82, 2.24) is 25.5 Å². The van der Waals surface area contributed by atoms with E-state index in [-0.39, 0.29) is 0 Å². The number of rotatable bonds is 4. The summed E-state index contributed by atoms with van der Waals surface area (Å²) < 4.78 is 36.9. The van der Waals surface area contributed by atoms with Crippen LogP contribution in [0.1, 0.15) is 6.92 Å². The quantitative estimate of drug-likeness (QED) is 0.799. The molecule has 1 amide bonds.